The summed E-state index contributed by atoms with van der Waals surface area (Å²) in [6.45, 7) is 19.0. The largest absolute Gasteiger partial charge is 0.288 e. The van der Waals surface area contributed by atoms with E-state index in [1.54, 1.807) is 0 Å². The highest BCUT2D eigenvalue weighted by Gasteiger charge is 2.56. The summed E-state index contributed by atoms with van der Waals surface area (Å²) in [5, 5.41) is 16.3. The van der Waals surface area contributed by atoms with E-state index in [0.29, 0.717) is 0 Å². The highest BCUT2D eigenvalue weighted by molar-refractivity contribution is 7.92. The maximum Gasteiger partial charge on any atom is 0.288 e. The molecule has 0 spiro atoms. The third-order valence-electron chi connectivity index (χ3n) is 5.96. The Morgan fingerprint density at radius 1 is 0.467 bits per heavy atom. The van der Waals surface area contributed by atoms with E-state index in [2.05, 4.69) is 98.7 Å². The second-order valence-electron chi connectivity index (χ2n) is 8.93. The van der Waals surface area contributed by atoms with E-state index in [9.17, 15) is 5.26 Å². The van der Waals surface area contributed by atoms with Gasteiger partial charge in [0.05, 0.1) is 0 Å². The van der Waals surface area contributed by atoms with Crippen molar-refractivity contribution in [2.75, 3.05) is 0 Å². The highest BCUT2D eigenvalue weighted by atomic mass is 31.2. The van der Waals surface area contributed by atoms with Crippen molar-refractivity contribution in [2.45, 2.75) is 62.3 Å². The minimum Gasteiger partial charge on any atom is -0.0523 e. The predicted octanol–water partition coefficient (Wildman–Crippen LogP) is 6.03. The van der Waals surface area contributed by atoms with Crippen molar-refractivity contribution < 1.29 is 9.93 Å². The van der Waals surface area contributed by atoms with Gasteiger partial charge in [0.15, 0.2) is 0 Å². The van der Waals surface area contributed by atoms with Gasteiger partial charge in [-0.1, -0.05) is 53.1 Å². The summed E-state index contributed by atoms with van der Waals surface area (Å²) in [6.07, 6.45) is 0. The summed E-state index contributed by atoms with van der Waals surface area (Å²) in [6, 6.07) is 13.0. The lowest BCUT2D eigenvalue weighted by molar-refractivity contribution is -0.200. The molecule has 0 fully saturated rings. The van der Waals surface area contributed by atoms with Gasteiger partial charge in [0, 0.05) is 5.26 Å². The van der Waals surface area contributed by atoms with Crippen LogP contribution in [0.1, 0.15) is 50.1 Å². The molecule has 2 nitrogen and oxygen atoms in total. The van der Waals surface area contributed by atoms with Gasteiger partial charge in [0.1, 0.15) is 15.9 Å². The third-order valence-corrected chi connectivity index (χ3v) is 10.2. The Labute approximate surface area is 182 Å². The Morgan fingerprint density at radius 3 is 0.833 bits per heavy atom. The monoisotopic (exact) mass is 420 g/mol. The van der Waals surface area contributed by atoms with Crippen LogP contribution in [0.5, 0.6) is 0 Å². The lowest BCUT2D eigenvalue weighted by Gasteiger charge is -2.29. The maximum absolute atomic E-state index is 13.1. The lowest BCUT2D eigenvalue weighted by Crippen LogP contribution is -2.39. The minimum absolute atomic E-state index is 1.06. The Hall–Kier alpha value is -1.99. The van der Waals surface area contributed by atoms with Gasteiger partial charge < -0.3 is 0 Å². The first kappa shape index (κ1) is 22.7. The molecule has 0 aliphatic rings. The predicted molar refractivity (Wildman–Crippen MR) is 130 cm³/mol. The van der Waals surface area contributed by atoms with Gasteiger partial charge in [0.2, 0.25) is 0 Å². The van der Waals surface area contributed by atoms with Crippen LogP contribution in [0, 0.1) is 62.3 Å². The van der Waals surface area contributed by atoms with Crippen LogP contribution in [0.2, 0.25) is 0 Å². The fraction of sp³-hybridized carbons (Fsp3) is 0.333. The van der Waals surface area contributed by atoms with Crippen LogP contribution in [-0.2, 0) is 9.93 Å². The first-order chi connectivity index (χ1) is 14.0. The molecule has 1 radical (unpaired) electrons. The Kier molecular flexibility index (Phi) is 6.25. The summed E-state index contributed by atoms with van der Waals surface area (Å²) in [5.74, 6) is 0. The molecule has 0 N–H and O–H groups in total. The molecule has 3 heteroatoms. The second-order valence-corrected chi connectivity index (χ2v) is 11.6. The van der Waals surface area contributed by atoms with Crippen LogP contribution in [0.3, 0.4) is 0 Å². The molecule has 0 heterocycles. The van der Waals surface area contributed by atoms with Crippen molar-refractivity contribution in [3.63, 3.8) is 0 Å². The zero-order valence-corrected chi connectivity index (χ0v) is 20.6. The number of hydrogen-bond donors (Lipinski definition) is 0. The zero-order chi connectivity index (χ0) is 22.4. The third kappa shape index (κ3) is 3.62. The molecular weight excluding hydrogens is 387 g/mol. The van der Waals surface area contributed by atoms with E-state index in [1.165, 1.54) is 16.7 Å². The van der Waals surface area contributed by atoms with Crippen molar-refractivity contribution in [1.29, 1.82) is 0 Å². The van der Waals surface area contributed by atoms with Crippen LogP contribution in [-0.4, -0.2) is 0 Å². The quantitative estimate of drug-likeness (QED) is 0.288. The smallest absolute Gasteiger partial charge is 0.0523 e. The van der Waals surface area contributed by atoms with Gasteiger partial charge in [0.25, 0.3) is 7.49 Å². The summed E-state index contributed by atoms with van der Waals surface area (Å²) < 4.78 is 5.56. The van der Waals surface area contributed by atoms with E-state index < -0.39 is 7.49 Å². The topological polar surface area (TPSA) is 29.1 Å². The van der Waals surface area contributed by atoms with Crippen LogP contribution in [0.15, 0.2) is 36.4 Å². The molecular formula is C27H33O2P+. The van der Waals surface area contributed by atoms with Gasteiger partial charge in [-0.15, -0.1) is 0 Å². The molecule has 0 bridgehead atoms. The second kappa shape index (κ2) is 8.27. The van der Waals surface area contributed by atoms with Gasteiger partial charge in [-0.2, -0.15) is 0 Å². The van der Waals surface area contributed by atoms with Crippen molar-refractivity contribution in [3.05, 3.63) is 86.5 Å². The van der Waals surface area contributed by atoms with Crippen molar-refractivity contribution >= 4 is 23.4 Å². The first-order valence-electron chi connectivity index (χ1n) is 10.5. The van der Waals surface area contributed by atoms with Crippen molar-refractivity contribution in [1.82, 2.24) is 0 Å². The van der Waals surface area contributed by atoms with Crippen molar-refractivity contribution in [3.8, 4) is 0 Å². The molecule has 0 atom stereocenters. The van der Waals surface area contributed by atoms with Crippen LogP contribution in [0.4, 0.5) is 0 Å². The van der Waals surface area contributed by atoms with Gasteiger partial charge in [-0.3, -0.25) is 0 Å². The average Bonchev–Trinajstić information content (AvgIpc) is 2.58. The van der Waals surface area contributed by atoms with Crippen LogP contribution >= 0.6 is 7.49 Å². The molecule has 157 valence electrons. The van der Waals surface area contributed by atoms with E-state index >= 15 is 0 Å². The highest BCUT2D eigenvalue weighted by Crippen LogP contribution is 2.60. The number of aryl methyl sites for hydroxylation is 9. The molecule has 0 saturated heterocycles. The number of rotatable bonds is 4. The fourth-order valence-electron chi connectivity index (χ4n) is 5.45. The molecule has 3 rings (SSSR count). The lowest BCUT2D eigenvalue weighted by atomic mass is 10.1. The minimum atomic E-state index is -2.87. The molecule has 3 aromatic rings. The molecule has 0 unspecified atom stereocenters. The fourth-order valence-corrected chi connectivity index (χ4v) is 9.72. The summed E-state index contributed by atoms with van der Waals surface area (Å²) in [7, 11) is -2.87. The van der Waals surface area contributed by atoms with Gasteiger partial charge >= 0.3 is 0 Å². The van der Waals surface area contributed by atoms with Crippen LogP contribution < -0.4 is 15.9 Å². The molecule has 0 aromatic heterocycles. The standard InChI is InChI=1S/C27H33O2P/c1-16-10-19(4)25(20(5)11-16)30(29-28,26-21(6)12-17(2)13-22(26)7)27-23(8)14-18(3)15-24(27)9/h10-15H,1-9H3/q+1. The molecule has 0 amide bonds. The number of hydrogen-bond acceptors (Lipinski definition) is 1. The van der Waals surface area contributed by atoms with Gasteiger partial charge in [-0.25, -0.2) is 0 Å². The molecule has 0 aliphatic carbocycles. The summed E-state index contributed by atoms with van der Waals surface area (Å²) >= 11 is 0. The SMILES string of the molecule is Cc1cc(C)c([P+](O[O])(c2c(C)cc(C)cc2C)c2c(C)cc(C)cc2C)c(C)c1. The van der Waals surface area contributed by atoms with Crippen LogP contribution in [0.25, 0.3) is 0 Å². The average molecular weight is 421 g/mol. The Morgan fingerprint density at radius 2 is 0.667 bits per heavy atom. The zero-order valence-electron chi connectivity index (χ0n) is 19.7. The van der Waals surface area contributed by atoms with E-state index in [0.717, 1.165) is 49.3 Å². The van der Waals surface area contributed by atoms with Gasteiger partial charge in [-0.05, 0) is 100 Å². The maximum atomic E-state index is 13.1. The Balaban J connectivity index is 2.61. The van der Waals surface area contributed by atoms with E-state index in [-0.39, 0.29) is 0 Å². The summed E-state index contributed by atoms with van der Waals surface area (Å²) in [4.78, 5) is 0. The van der Waals surface area contributed by atoms with E-state index in [4.69, 9.17) is 4.67 Å². The molecule has 3 aromatic carbocycles. The van der Waals surface area contributed by atoms with E-state index in [1.807, 2.05) is 0 Å². The van der Waals surface area contributed by atoms with Crippen molar-refractivity contribution in [2.24, 2.45) is 0 Å². The molecule has 0 aliphatic heterocycles. The first-order valence-corrected chi connectivity index (χ1v) is 12.2. The normalized spacial score (nSPS) is 11.8. The summed E-state index contributed by atoms with van der Waals surface area (Å²) in [5.41, 5.74) is 10.3. The number of benzene rings is 3. The molecule has 30 heavy (non-hydrogen) atoms. The Bertz CT molecular complexity index is 919. The molecule has 0 saturated carbocycles.